The van der Waals surface area contributed by atoms with Crippen molar-refractivity contribution in [3.8, 4) is 0 Å². The van der Waals surface area contributed by atoms with Crippen LogP contribution in [0, 0.1) is 0 Å². The fraction of sp³-hybridized carbons (Fsp3) is 0.161. The Morgan fingerprint density at radius 2 is 1.72 bits per heavy atom. The van der Waals surface area contributed by atoms with E-state index in [4.69, 9.17) is 11.6 Å². The van der Waals surface area contributed by atoms with Crippen LogP contribution >= 0.6 is 11.6 Å². The van der Waals surface area contributed by atoms with Gasteiger partial charge in [0.2, 0.25) is 0 Å². The fourth-order valence-corrected chi connectivity index (χ4v) is 4.47. The summed E-state index contributed by atoms with van der Waals surface area (Å²) in [6, 6.07) is 23.1. The number of nitrogens with one attached hydrogen (secondary N) is 1. The van der Waals surface area contributed by atoms with Gasteiger partial charge in [-0.1, -0.05) is 78.4 Å². The third-order valence-corrected chi connectivity index (χ3v) is 6.12. The van der Waals surface area contributed by atoms with Gasteiger partial charge in [-0.3, -0.25) is 9.79 Å². The maximum absolute atomic E-state index is 14.1. The summed E-state index contributed by atoms with van der Waals surface area (Å²) < 4.78 is 0. The van der Waals surface area contributed by atoms with Gasteiger partial charge in [-0.15, -0.1) is 0 Å². The molecule has 3 aromatic carbocycles. The molecule has 1 N–H and O–H groups in total. The quantitative estimate of drug-likeness (QED) is 0.334. The SMILES string of the molecule is CC(C)=Nc1ccc(Nc2cccc(Cl)c2)cc1C(=O)N(C)C(C1=CC=CC=CC1)c1ccccc1. The molecule has 0 heterocycles. The van der Waals surface area contributed by atoms with Crippen molar-refractivity contribution in [2.45, 2.75) is 26.3 Å². The lowest BCUT2D eigenvalue weighted by Gasteiger charge is -2.31. The molecule has 36 heavy (non-hydrogen) atoms. The number of amides is 1. The van der Waals surface area contributed by atoms with Crippen LogP contribution in [0.3, 0.4) is 0 Å². The largest absolute Gasteiger partial charge is 0.355 e. The first-order chi connectivity index (χ1) is 17.4. The van der Waals surface area contributed by atoms with Gasteiger partial charge in [-0.05, 0) is 67.8 Å². The number of hydrogen-bond donors (Lipinski definition) is 1. The van der Waals surface area contributed by atoms with Gasteiger partial charge in [-0.25, -0.2) is 0 Å². The Bertz CT molecular complexity index is 1350. The molecule has 0 fully saturated rings. The second kappa shape index (κ2) is 11.7. The minimum absolute atomic E-state index is 0.100. The molecule has 0 aromatic heterocycles. The molecular formula is C31H30ClN3O. The molecule has 0 spiro atoms. The summed E-state index contributed by atoms with van der Waals surface area (Å²) in [5.74, 6) is -0.100. The molecule has 0 radical (unpaired) electrons. The number of carbonyl (C=O) groups is 1. The number of hydrogen-bond acceptors (Lipinski definition) is 3. The highest BCUT2D eigenvalue weighted by molar-refractivity contribution is 6.30. The predicted octanol–water partition coefficient (Wildman–Crippen LogP) is 8.45. The topological polar surface area (TPSA) is 44.7 Å². The van der Waals surface area contributed by atoms with Crippen molar-refractivity contribution >= 4 is 40.3 Å². The highest BCUT2D eigenvalue weighted by Crippen LogP contribution is 2.34. The van der Waals surface area contributed by atoms with Crippen LogP contribution in [0.2, 0.25) is 5.02 Å². The van der Waals surface area contributed by atoms with Crippen LogP contribution in [0.4, 0.5) is 17.1 Å². The molecule has 1 amide bonds. The van der Waals surface area contributed by atoms with Crippen molar-refractivity contribution in [1.29, 1.82) is 0 Å². The van der Waals surface area contributed by atoms with E-state index in [-0.39, 0.29) is 11.9 Å². The van der Waals surface area contributed by atoms with Gasteiger partial charge < -0.3 is 10.2 Å². The van der Waals surface area contributed by atoms with Crippen LogP contribution in [-0.2, 0) is 0 Å². The van der Waals surface area contributed by atoms with Crippen molar-refractivity contribution in [3.05, 3.63) is 125 Å². The standard InChI is InChI=1S/C31H30ClN3O/c1-22(2)33-29-19-18-27(34-26-17-11-16-25(32)20-26)21-28(29)31(36)35(3)30(24-14-9-6-10-15-24)23-12-7-4-5-8-13-23/h4-12,14-21,30,34H,13H2,1-3H3. The van der Waals surface area contributed by atoms with Crippen LogP contribution in [0.1, 0.15) is 42.2 Å². The molecule has 1 aliphatic rings. The first-order valence-electron chi connectivity index (χ1n) is 12.0. The molecule has 1 atom stereocenters. The van der Waals surface area contributed by atoms with E-state index in [1.54, 1.807) is 0 Å². The van der Waals surface area contributed by atoms with Gasteiger partial charge in [0.15, 0.2) is 0 Å². The number of likely N-dealkylation sites (N-methyl/N-ethyl adjacent to an activating group) is 1. The molecular weight excluding hydrogens is 466 g/mol. The summed E-state index contributed by atoms with van der Waals surface area (Å²) in [5, 5.41) is 4.00. The maximum atomic E-state index is 14.1. The second-order valence-electron chi connectivity index (χ2n) is 8.91. The van der Waals surface area contributed by atoms with E-state index < -0.39 is 0 Å². The number of aliphatic imine (C=N–C) groups is 1. The predicted molar refractivity (Wildman–Crippen MR) is 152 cm³/mol. The Labute approximate surface area is 218 Å². The molecule has 0 bridgehead atoms. The average Bonchev–Trinajstić information content (AvgIpc) is 3.14. The third-order valence-electron chi connectivity index (χ3n) is 5.88. The number of benzene rings is 3. The summed E-state index contributed by atoms with van der Waals surface area (Å²) >= 11 is 6.16. The average molecular weight is 496 g/mol. The summed E-state index contributed by atoms with van der Waals surface area (Å²) in [5.41, 5.74) is 5.90. The van der Waals surface area contributed by atoms with Crippen LogP contribution in [0.25, 0.3) is 0 Å². The Morgan fingerprint density at radius 3 is 2.47 bits per heavy atom. The number of carbonyl (C=O) groups excluding carboxylic acids is 1. The van der Waals surface area contributed by atoms with Crippen molar-refractivity contribution in [2.75, 3.05) is 12.4 Å². The molecule has 182 valence electrons. The highest BCUT2D eigenvalue weighted by atomic mass is 35.5. The molecule has 4 rings (SSSR count). The number of nitrogens with zero attached hydrogens (tertiary/aromatic N) is 2. The number of anilines is 2. The van der Waals surface area contributed by atoms with Crippen molar-refractivity contribution in [1.82, 2.24) is 4.90 Å². The smallest absolute Gasteiger partial charge is 0.256 e. The second-order valence-corrected chi connectivity index (χ2v) is 9.35. The zero-order valence-electron chi connectivity index (χ0n) is 20.8. The van der Waals surface area contributed by atoms with Crippen LogP contribution < -0.4 is 5.32 Å². The number of halogens is 1. The Balaban J connectivity index is 1.75. The fourth-order valence-electron chi connectivity index (χ4n) is 4.28. The van der Waals surface area contributed by atoms with Gasteiger partial charge in [0.1, 0.15) is 0 Å². The minimum atomic E-state index is -0.213. The molecule has 5 heteroatoms. The van der Waals surface area contributed by atoms with Crippen LogP contribution in [0.5, 0.6) is 0 Å². The normalized spacial score (nSPS) is 13.4. The van der Waals surface area contributed by atoms with E-state index in [9.17, 15) is 4.79 Å². The van der Waals surface area contributed by atoms with Gasteiger partial charge >= 0.3 is 0 Å². The first kappa shape index (κ1) is 25.2. The van der Waals surface area contributed by atoms with E-state index >= 15 is 0 Å². The van der Waals surface area contributed by atoms with Gasteiger partial charge in [0, 0.05) is 29.2 Å². The zero-order valence-corrected chi connectivity index (χ0v) is 21.5. The number of rotatable bonds is 7. The van der Waals surface area contributed by atoms with E-state index in [0.29, 0.717) is 16.3 Å². The molecule has 0 saturated heterocycles. The first-order valence-corrected chi connectivity index (χ1v) is 12.3. The molecule has 3 aromatic rings. The lowest BCUT2D eigenvalue weighted by Crippen LogP contribution is -2.32. The summed E-state index contributed by atoms with van der Waals surface area (Å²) in [6.45, 7) is 3.86. The maximum Gasteiger partial charge on any atom is 0.256 e. The summed E-state index contributed by atoms with van der Waals surface area (Å²) in [7, 11) is 1.86. The highest BCUT2D eigenvalue weighted by Gasteiger charge is 2.27. The Kier molecular flexibility index (Phi) is 8.19. The van der Waals surface area contributed by atoms with E-state index in [1.165, 1.54) is 0 Å². The van der Waals surface area contributed by atoms with E-state index in [0.717, 1.165) is 34.6 Å². The summed E-state index contributed by atoms with van der Waals surface area (Å²) in [6.07, 6.45) is 11.1. The third kappa shape index (κ3) is 6.21. The molecule has 0 saturated carbocycles. The molecule has 4 nitrogen and oxygen atoms in total. The van der Waals surface area contributed by atoms with Gasteiger partial charge in [0.05, 0.1) is 17.3 Å². The number of allylic oxidation sites excluding steroid dienone is 5. The minimum Gasteiger partial charge on any atom is -0.355 e. The van der Waals surface area contributed by atoms with Crippen molar-refractivity contribution in [3.63, 3.8) is 0 Å². The zero-order chi connectivity index (χ0) is 25.5. The molecule has 1 unspecified atom stereocenters. The lowest BCUT2D eigenvalue weighted by atomic mass is 9.94. The van der Waals surface area contributed by atoms with Gasteiger partial charge in [-0.2, -0.15) is 0 Å². The van der Waals surface area contributed by atoms with E-state index in [1.807, 2.05) is 105 Å². The summed E-state index contributed by atoms with van der Waals surface area (Å²) in [4.78, 5) is 20.6. The Hall–Kier alpha value is -3.89. The van der Waals surface area contributed by atoms with E-state index in [2.05, 4.69) is 34.6 Å². The van der Waals surface area contributed by atoms with Crippen molar-refractivity contribution in [2.24, 2.45) is 4.99 Å². The Morgan fingerprint density at radius 1 is 0.944 bits per heavy atom. The molecule has 1 aliphatic carbocycles. The van der Waals surface area contributed by atoms with Crippen LogP contribution in [-0.4, -0.2) is 23.6 Å². The monoisotopic (exact) mass is 495 g/mol. The molecule has 0 aliphatic heterocycles. The lowest BCUT2D eigenvalue weighted by molar-refractivity contribution is 0.0752. The van der Waals surface area contributed by atoms with Crippen molar-refractivity contribution < 1.29 is 4.79 Å². The van der Waals surface area contributed by atoms with Crippen LogP contribution in [0.15, 0.2) is 114 Å². The van der Waals surface area contributed by atoms with Gasteiger partial charge in [0.25, 0.3) is 5.91 Å².